The SMILES string of the molecule is O=S(=O)(Nc1c(F)cccc1Br)c1cc(CO)oc1Br. The van der Waals surface area contributed by atoms with Gasteiger partial charge in [-0.1, -0.05) is 6.07 Å². The van der Waals surface area contributed by atoms with E-state index in [2.05, 4.69) is 36.6 Å². The van der Waals surface area contributed by atoms with Crippen molar-refractivity contribution >= 4 is 47.6 Å². The van der Waals surface area contributed by atoms with Crippen LogP contribution in [0.4, 0.5) is 10.1 Å². The van der Waals surface area contributed by atoms with Crippen LogP contribution < -0.4 is 4.72 Å². The maximum Gasteiger partial charge on any atom is 0.266 e. The van der Waals surface area contributed by atoms with E-state index < -0.39 is 22.4 Å². The van der Waals surface area contributed by atoms with E-state index in [-0.39, 0.29) is 25.5 Å². The Labute approximate surface area is 131 Å². The minimum absolute atomic E-state index is 0.0680. The molecule has 1 aromatic carbocycles. The molecule has 0 fully saturated rings. The number of aliphatic hydroxyl groups is 1. The molecule has 0 radical (unpaired) electrons. The first-order valence-corrected chi connectivity index (χ1v) is 8.28. The Hall–Kier alpha value is -0.900. The first kappa shape index (κ1) is 15.5. The number of sulfonamides is 1. The fourth-order valence-corrected chi connectivity index (χ4v) is 4.10. The molecule has 0 saturated carbocycles. The summed E-state index contributed by atoms with van der Waals surface area (Å²) in [6.07, 6.45) is 0. The van der Waals surface area contributed by atoms with Gasteiger partial charge in [0, 0.05) is 10.5 Å². The summed E-state index contributed by atoms with van der Waals surface area (Å²) in [5.74, 6) is -0.644. The number of halogens is 3. The van der Waals surface area contributed by atoms with E-state index >= 15 is 0 Å². The molecule has 0 saturated heterocycles. The fraction of sp³-hybridized carbons (Fsp3) is 0.0909. The molecule has 0 amide bonds. The minimum Gasteiger partial charge on any atom is -0.450 e. The second kappa shape index (κ2) is 5.84. The highest BCUT2D eigenvalue weighted by Gasteiger charge is 2.24. The molecule has 0 bridgehead atoms. The van der Waals surface area contributed by atoms with Crippen LogP contribution in [0.2, 0.25) is 0 Å². The van der Waals surface area contributed by atoms with E-state index in [1.165, 1.54) is 12.1 Å². The van der Waals surface area contributed by atoms with Crippen molar-refractivity contribution in [2.24, 2.45) is 0 Å². The topological polar surface area (TPSA) is 79.5 Å². The van der Waals surface area contributed by atoms with E-state index in [1.807, 2.05) is 0 Å². The largest absolute Gasteiger partial charge is 0.450 e. The molecule has 5 nitrogen and oxygen atoms in total. The molecule has 2 N–H and O–H groups in total. The highest BCUT2D eigenvalue weighted by atomic mass is 79.9. The Bertz CT molecular complexity index is 725. The molecule has 0 spiro atoms. The molecule has 0 unspecified atom stereocenters. The van der Waals surface area contributed by atoms with Gasteiger partial charge in [0.1, 0.15) is 23.1 Å². The molecule has 0 atom stereocenters. The van der Waals surface area contributed by atoms with Gasteiger partial charge in [-0.3, -0.25) is 4.72 Å². The first-order valence-electron chi connectivity index (χ1n) is 5.21. The average molecular weight is 429 g/mol. The number of hydrogen-bond acceptors (Lipinski definition) is 4. The van der Waals surface area contributed by atoms with Gasteiger partial charge in [0.2, 0.25) is 0 Å². The maximum absolute atomic E-state index is 13.6. The lowest BCUT2D eigenvalue weighted by atomic mass is 10.3. The van der Waals surface area contributed by atoms with Gasteiger partial charge in [-0.2, -0.15) is 0 Å². The Morgan fingerprint density at radius 3 is 2.60 bits per heavy atom. The lowest BCUT2D eigenvalue weighted by Gasteiger charge is -2.09. The molecule has 0 aliphatic heterocycles. The van der Waals surface area contributed by atoms with Crippen molar-refractivity contribution in [2.45, 2.75) is 11.5 Å². The number of para-hydroxylation sites is 1. The van der Waals surface area contributed by atoms with Crippen molar-refractivity contribution in [3.63, 3.8) is 0 Å². The highest BCUT2D eigenvalue weighted by Crippen LogP contribution is 2.31. The monoisotopic (exact) mass is 427 g/mol. The van der Waals surface area contributed by atoms with Crippen LogP contribution in [0.15, 0.2) is 42.7 Å². The molecule has 9 heteroatoms. The van der Waals surface area contributed by atoms with Crippen LogP contribution in [0.5, 0.6) is 0 Å². The van der Waals surface area contributed by atoms with Gasteiger partial charge in [0.15, 0.2) is 4.67 Å². The quantitative estimate of drug-likeness (QED) is 0.783. The second-order valence-electron chi connectivity index (χ2n) is 3.71. The third kappa shape index (κ3) is 3.05. The lowest BCUT2D eigenvalue weighted by molar-refractivity contribution is 0.245. The smallest absolute Gasteiger partial charge is 0.266 e. The Morgan fingerprint density at radius 2 is 2.05 bits per heavy atom. The molecule has 0 aliphatic carbocycles. The standard InChI is InChI=1S/C11H8Br2FNO4S/c12-7-2-1-3-8(14)10(7)15-20(17,18)9-4-6(5-16)19-11(9)13/h1-4,15-16H,5H2. The van der Waals surface area contributed by atoms with E-state index in [0.29, 0.717) is 0 Å². The summed E-state index contributed by atoms with van der Waals surface area (Å²) in [5.41, 5.74) is -0.203. The number of furan rings is 1. The van der Waals surface area contributed by atoms with Gasteiger partial charge in [-0.15, -0.1) is 0 Å². The summed E-state index contributed by atoms with van der Waals surface area (Å²) in [4.78, 5) is -0.225. The summed E-state index contributed by atoms with van der Waals surface area (Å²) in [6.45, 7) is -0.447. The Balaban J connectivity index is 2.43. The summed E-state index contributed by atoms with van der Waals surface area (Å²) in [6, 6.07) is 5.23. The molecule has 20 heavy (non-hydrogen) atoms. The summed E-state index contributed by atoms with van der Waals surface area (Å²) in [7, 11) is -4.05. The van der Waals surface area contributed by atoms with Gasteiger partial charge >= 0.3 is 0 Å². The highest BCUT2D eigenvalue weighted by molar-refractivity contribution is 9.10. The molecule has 0 aliphatic rings. The zero-order chi connectivity index (χ0) is 14.9. The van der Waals surface area contributed by atoms with Gasteiger partial charge in [-0.05, 0) is 44.0 Å². The fourth-order valence-electron chi connectivity index (χ4n) is 1.44. The minimum atomic E-state index is -4.05. The van der Waals surface area contributed by atoms with Gasteiger partial charge in [0.05, 0.1) is 5.69 Å². The first-order chi connectivity index (χ1) is 9.35. The number of aliphatic hydroxyl groups excluding tert-OH is 1. The molecule has 2 rings (SSSR count). The van der Waals surface area contributed by atoms with Crippen LogP contribution in [0.25, 0.3) is 0 Å². The van der Waals surface area contributed by atoms with E-state index in [4.69, 9.17) is 9.52 Å². The number of nitrogens with one attached hydrogen (secondary N) is 1. The van der Waals surface area contributed by atoms with Crippen LogP contribution in [-0.4, -0.2) is 13.5 Å². The van der Waals surface area contributed by atoms with Crippen molar-refractivity contribution in [2.75, 3.05) is 4.72 Å². The van der Waals surface area contributed by atoms with Crippen LogP contribution >= 0.6 is 31.9 Å². The maximum atomic E-state index is 13.6. The Morgan fingerprint density at radius 1 is 1.35 bits per heavy atom. The van der Waals surface area contributed by atoms with Crippen LogP contribution in [0.1, 0.15) is 5.76 Å². The van der Waals surface area contributed by atoms with Crippen molar-refractivity contribution in [3.05, 3.63) is 45.0 Å². The number of anilines is 1. The average Bonchev–Trinajstić information content (AvgIpc) is 2.76. The molecule has 108 valence electrons. The van der Waals surface area contributed by atoms with Crippen molar-refractivity contribution in [1.29, 1.82) is 0 Å². The lowest BCUT2D eigenvalue weighted by Crippen LogP contribution is -2.14. The van der Waals surface area contributed by atoms with Crippen LogP contribution in [0.3, 0.4) is 0 Å². The Kier molecular flexibility index (Phi) is 4.52. The predicted molar refractivity (Wildman–Crippen MR) is 77.2 cm³/mol. The summed E-state index contributed by atoms with van der Waals surface area (Å²) >= 11 is 6.01. The van der Waals surface area contributed by atoms with Crippen molar-refractivity contribution < 1.29 is 22.3 Å². The second-order valence-corrected chi connectivity index (χ2v) is 6.94. The molecule has 2 aromatic rings. The zero-order valence-electron chi connectivity index (χ0n) is 9.73. The molecule has 1 heterocycles. The molecule has 1 aromatic heterocycles. The number of rotatable bonds is 4. The van der Waals surface area contributed by atoms with E-state index in [1.54, 1.807) is 0 Å². The summed E-state index contributed by atoms with van der Waals surface area (Å²) < 4.78 is 45.3. The van der Waals surface area contributed by atoms with Crippen molar-refractivity contribution in [3.8, 4) is 0 Å². The molecular weight excluding hydrogens is 421 g/mol. The van der Waals surface area contributed by atoms with Gasteiger partial charge in [0.25, 0.3) is 10.0 Å². The third-order valence-corrected chi connectivity index (χ3v) is 5.22. The normalized spacial score (nSPS) is 11.6. The third-order valence-electron chi connectivity index (χ3n) is 2.35. The van der Waals surface area contributed by atoms with Gasteiger partial charge < -0.3 is 9.52 Å². The summed E-state index contributed by atoms with van der Waals surface area (Å²) in [5, 5.41) is 8.92. The van der Waals surface area contributed by atoms with E-state index in [0.717, 1.165) is 12.1 Å². The number of benzene rings is 1. The van der Waals surface area contributed by atoms with Gasteiger partial charge in [-0.25, -0.2) is 12.8 Å². The number of hydrogen-bond donors (Lipinski definition) is 2. The predicted octanol–water partition coefficient (Wildman–Crippen LogP) is 3.24. The van der Waals surface area contributed by atoms with Crippen LogP contribution in [-0.2, 0) is 16.6 Å². The van der Waals surface area contributed by atoms with E-state index in [9.17, 15) is 12.8 Å². The molecular formula is C11H8Br2FNO4S. The van der Waals surface area contributed by atoms with Crippen molar-refractivity contribution in [1.82, 2.24) is 0 Å². The van der Waals surface area contributed by atoms with Crippen LogP contribution in [0, 0.1) is 5.82 Å². The zero-order valence-corrected chi connectivity index (χ0v) is 13.7.